The van der Waals surface area contributed by atoms with Crippen molar-refractivity contribution in [1.29, 1.82) is 0 Å². The molecular weight excluding hydrogens is 336 g/mol. The average molecular weight is 356 g/mol. The second kappa shape index (κ2) is 7.29. The van der Waals surface area contributed by atoms with Crippen LogP contribution in [0.25, 0.3) is 0 Å². The average Bonchev–Trinajstić information content (AvgIpc) is 3.14. The van der Waals surface area contributed by atoms with Crippen molar-refractivity contribution in [3.8, 4) is 0 Å². The maximum atomic E-state index is 12.6. The summed E-state index contributed by atoms with van der Waals surface area (Å²) in [4.78, 5) is 12.8. The first kappa shape index (κ1) is 17.7. The van der Waals surface area contributed by atoms with Crippen molar-refractivity contribution in [2.75, 3.05) is 6.61 Å². The largest absolute Gasteiger partial charge is 0.461 e. The summed E-state index contributed by atoms with van der Waals surface area (Å²) in [6, 6.07) is 4.84. The van der Waals surface area contributed by atoms with Crippen LogP contribution in [0.1, 0.15) is 41.7 Å². The predicted molar refractivity (Wildman–Crippen MR) is 89.0 cm³/mol. The molecule has 1 atom stereocenters. The van der Waals surface area contributed by atoms with Crippen molar-refractivity contribution in [3.05, 3.63) is 40.3 Å². The number of hydrogen-bond acceptors (Lipinski definition) is 5. The number of nitrogens with zero attached hydrogens (tertiary/aromatic N) is 1. The van der Waals surface area contributed by atoms with E-state index in [-0.39, 0.29) is 23.2 Å². The first-order chi connectivity index (χ1) is 10.9. The highest BCUT2D eigenvalue weighted by molar-refractivity contribution is 7.89. The zero-order valence-corrected chi connectivity index (χ0v) is 14.9. The van der Waals surface area contributed by atoms with Gasteiger partial charge >= 0.3 is 5.97 Å². The minimum absolute atomic E-state index is 0.0538. The normalized spacial score (nSPS) is 13.0. The molecule has 8 heteroatoms. The lowest BCUT2D eigenvalue weighted by Gasteiger charge is -2.14. The van der Waals surface area contributed by atoms with Gasteiger partial charge in [0.05, 0.1) is 12.6 Å². The van der Waals surface area contributed by atoms with Crippen LogP contribution in [0.15, 0.2) is 34.7 Å². The Morgan fingerprint density at radius 1 is 1.43 bits per heavy atom. The van der Waals surface area contributed by atoms with Crippen molar-refractivity contribution in [3.63, 3.8) is 0 Å². The number of hydrogen-bond donors (Lipinski definition) is 1. The zero-order chi connectivity index (χ0) is 17.0. The molecule has 0 aliphatic carbocycles. The van der Waals surface area contributed by atoms with Crippen LogP contribution in [-0.4, -0.2) is 25.6 Å². The minimum atomic E-state index is -3.72. The number of esters is 1. The van der Waals surface area contributed by atoms with Gasteiger partial charge in [0, 0.05) is 18.1 Å². The highest BCUT2D eigenvalue weighted by Crippen LogP contribution is 2.24. The van der Waals surface area contributed by atoms with E-state index in [2.05, 4.69) is 4.72 Å². The third-order valence-corrected chi connectivity index (χ3v) is 5.79. The summed E-state index contributed by atoms with van der Waals surface area (Å²) in [5, 5.41) is 1.91. The number of aromatic nitrogens is 1. The summed E-state index contributed by atoms with van der Waals surface area (Å²) in [6.07, 6.45) is 2.05. The molecule has 0 spiro atoms. The molecule has 0 aliphatic rings. The highest BCUT2D eigenvalue weighted by Gasteiger charge is 2.24. The van der Waals surface area contributed by atoms with Crippen LogP contribution in [0.4, 0.5) is 0 Å². The van der Waals surface area contributed by atoms with Crippen LogP contribution in [-0.2, 0) is 21.8 Å². The second-order valence-corrected chi connectivity index (χ2v) is 7.68. The number of ether oxygens (including phenoxy) is 1. The first-order valence-corrected chi connectivity index (χ1v) is 9.64. The lowest BCUT2D eigenvalue weighted by Crippen LogP contribution is -2.27. The second-order valence-electron chi connectivity index (χ2n) is 4.99. The van der Waals surface area contributed by atoms with Gasteiger partial charge in [-0.2, -0.15) is 0 Å². The lowest BCUT2D eigenvalue weighted by molar-refractivity contribution is 0.0515. The van der Waals surface area contributed by atoms with Gasteiger partial charge in [-0.15, -0.1) is 11.3 Å². The summed E-state index contributed by atoms with van der Waals surface area (Å²) in [6.45, 7) is 3.86. The third-order valence-electron chi connectivity index (χ3n) is 3.37. The zero-order valence-electron chi connectivity index (χ0n) is 13.3. The quantitative estimate of drug-likeness (QED) is 0.774. The van der Waals surface area contributed by atoms with Gasteiger partial charge in [0.1, 0.15) is 10.6 Å². The summed E-state index contributed by atoms with van der Waals surface area (Å²) in [7, 11) is -2.11. The molecule has 0 aromatic carbocycles. The van der Waals surface area contributed by atoms with E-state index >= 15 is 0 Å². The molecule has 23 heavy (non-hydrogen) atoms. The molecule has 0 radical (unpaired) electrons. The Bertz CT molecular complexity index is 764. The van der Waals surface area contributed by atoms with E-state index < -0.39 is 16.0 Å². The molecule has 0 bridgehead atoms. The maximum absolute atomic E-state index is 12.6. The van der Waals surface area contributed by atoms with Crippen molar-refractivity contribution in [2.24, 2.45) is 7.05 Å². The Labute approximate surface area is 140 Å². The summed E-state index contributed by atoms with van der Waals surface area (Å²) in [5.41, 5.74) is 0.205. The molecule has 2 heterocycles. The predicted octanol–water partition coefficient (Wildman–Crippen LogP) is 2.69. The summed E-state index contributed by atoms with van der Waals surface area (Å²) >= 11 is 1.51. The Hall–Kier alpha value is -1.64. The Morgan fingerprint density at radius 3 is 2.74 bits per heavy atom. The van der Waals surface area contributed by atoms with Gasteiger partial charge < -0.3 is 9.30 Å². The topological polar surface area (TPSA) is 77.4 Å². The number of sulfonamides is 1. The van der Waals surface area contributed by atoms with E-state index in [9.17, 15) is 13.2 Å². The molecule has 126 valence electrons. The number of carbonyl (C=O) groups is 1. The van der Waals surface area contributed by atoms with E-state index in [1.165, 1.54) is 28.2 Å². The molecule has 1 N–H and O–H groups in total. The molecule has 2 rings (SSSR count). The molecular formula is C15H20N2O4S2. The number of aryl methyl sites for hydroxylation is 1. The Morgan fingerprint density at radius 2 is 2.17 bits per heavy atom. The van der Waals surface area contributed by atoms with Gasteiger partial charge in [0.2, 0.25) is 10.0 Å². The van der Waals surface area contributed by atoms with Gasteiger partial charge in [0.25, 0.3) is 0 Å². The monoisotopic (exact) mass is 356 g/mol. The standard InChI is InChI=1S/C15H20N2O4S2/c1-4-12(14-7-6-8-22-14)16-23(19,20)11-9-13(17(3)10-11)15(18)21-5-2/h6-10,12,16H,4-5H2,1-3H3. The van der Waals surface area contributed by atoms with Gasteiger partial charge in [-0.1, -0.05) is 13.0 Å². The van der Waals surface area contributed by atoms with Crippen LogP contribution in [0, 0.1) is 0 Å². The van der Waals surface area contributed by atoms with Crippen LogP contribution in [0.5, 0.6) is 0 Å². The summed E-state index contributed by atoms with van der Waals surface area (Å²) in [5.74, 6) is -0.540. The SMILES string of the molecule is CCOC(=O)c1cc(S(=O)(=O)NC(CC)c2cccs2)cn1C. The lowest BCUT2D eigenvalue weighted by atomic mass is 10.2. The Kier molecular flexibility index (Phi) is 5.61. The molecule has 0 aliphatic heterocycles. The third kappa shape index (κ3) is 4.01. The highest BCUT2D eigenvalue weighted by atomic mass is 32.2. The molecule has 2 aromatic heterocycles. The smallest absolute Gasteiger partial charge is 0.354 e. The van der Waals surface area contributed by atoms with E-state index in [1.807, 2.05) is 24.4 Å². The van der Waals surface area contributed by atoms with Crippen molar-refractivity contribution >= 4 is 27.3 Å². The number of carbonyl (C=O) groups excluding carboxylic acids is 1. The van der Waals surface area contributed by atoms with Gasteiger partial charge in [-0.05, 0) is 30.9 Å². The van der Waals surface area contributed by atoms with Crippen molar-refractivity contribution < 1.29 is 17.9 Å². The van der Waals surface area contributed by atoms with Gasteiger partial charge in [0.15, 0.2) is 0 Å². The number of nitrogens with one attached hydrogen (secondary N) is 1. The van der Waals surface area contributed by atoms with E-state index in [1.54, 1.807) is 14.0 Å². The summed E-state index contributed by atoms with van der Waals surface area (Å²) < 4.78 is 34.2. The molecule has 0 fully saturated rings. The fourth-order valence-electron chi connectivity index (χ4n) is 2.18. The van der Waals surface area contributed by atoms with Gasteiger partial charge in [-0.3, -0.25) is 0 Å². The Balaban J connectivity index is 2.26. The minimum Gasteiger partial charge on any atom is -0.461 e. The molecule has 1 unspecified atom stereocenters. The van der Waals surface area contributed by atoms with Crippen LogP contribution in [0.3, 0.4) is 0 Å². The molecule has 0 saturated carbocycles. The number of thiophene rings is 1. The van der Waals surface area contributed by atoms with Gasteiger partial charge in [-0.25, -0.2) is 17.9 Å². The molecule has 6 nitrogen and oxygen atoms in total. The van der Waals surface area contributed by atoms with Crippen LogP contribution >= 0.6 is 11.3 Å². The first-order valence-electron chi connectivity index (χ1n) is 7.28. The van der Waals surface area contributed by atoms with E-state index in [0.29, 0.717) is 6.42 Å². The molecule has 0 amide bonds. The van der Waals surface area contributed by atoms with Crippen LogP contribution in [0.2, 0.25) is 0 Å². The fourth-order valence-corrected chi connectivity index (χ4v) is 4.48. The van der Waals surface area contributed by atoms with Crippen molar-refractivity contribution in [1.82, 2.24) is 9.29 Å². The number of rotatable bonds is 7. The fraction of sp³-hybridized carbons (Fsp3) is 0.400. The molecule has 0 saturated heterocycles. The maximum Gasteiger partial charge on any atom is 0.354 e. The van der Waals surface area contributed by atoms with E-state index in [0.717, 1.165) is 4.88 Å². The van der Waals surface area contributed by atoms with Crippen molar-refractivity contribution in [2.45, 2.75) is 31.2 Å². The van der Waals surface area contributed by atoms with Crippen LogP contribution < -0.4 is 4.72 Å². The van der Waals surface area contributed by atoms with E-state index in [4.69, 9.17) is 4.74 Å². The molecule has 2 aromatic rings.